The van der Waals surface area contributed by atoms with E-state index in [1.165, 1.54) is 6.07 Å². The van der Waals surface area contributed by atoms with Gasteiger partial charge in [0.2, 0.25) is 0 Å². The second-order valence-corrected chi connectivity index (χ2v) is 3.35. The maximum Gasteiger partial charge on any atom is 0.165 e. The van der Waals surface area contributed by atoms with E-state index in [0.717, 1.165) is 5.56 Å². The second-order valence-electron chi connectivity index (χ2n) is 3.35. The predicted molar refractivity (Wildman–Crippen MR) is 57.7 cm³/mol. The fraction of sp³-hybridized carbons (Fsp3) is 0.0769. The molecule has 0 atom stereocenters. The molecule has 0 aliphatic rings. The maximum absolute atomic E-state index is 13.3. The number of para-hydroxylation sites is 1. The molecule has 0 N–H and O–H groups in total. The first-order valence-corrected chi connectivity index (χ1v) is 4.75. The SMILES string of the molecule is Cc1ccc(F)c(Oc2ccccc2)c1. The average molecular weight is 202 g/mol. The van der Waals surface area contributed by atoms with Gasteiger partial charge in [-0.05, 0) is 36.8 Å². The minimum Gasteiger partial charge on any atom is -0.454 e. The summed E-state index contributed by atoms with van der Waals surface area (Å²) in [6.45, 7) is 1.90. The molecule has 0 amide bonds. The molecule has 0 bridgehead atoms. The van der Waals surface area contributed by atoms with Crippen LogP contribution < -0.4 is 4.74 Å². The molecule has 0 unspecified atom stereocenters. The van der Waals surface area contributed by atoms with Crippen LogP contribution in [0.3, 0.4) is 0 Å². The van der Waals surface area contributed by atoms with E-state index in [2.05, 4.69) is 0 Å². The van der Waals surface area contributed by atoms with Crippen LogP contribution in [0.15, 0.2) is 48.5 Å². The molecule has 0 aromatic heterocycles. The molecule has 2 rings (SSSR count). The lowest BCUT2D eigenvalue weighted by Crippen LogP contribution is -1.88. The highest BCUT2D eigenvalue weighted by Crippen LogP contribution is 2.24. The summed E-state index contributed by atoms with van der Waals surface area (Å²) >= 11 is 0. The number of rotatable bonds is 2. The van der Waals surface area contributed by atoms with E-state index in [0.29, 0.717) is 5.75 Å². The minimum atomic E-state index is -0.343. The molecule has 0 spiro atoms. The lowest BCUT2D eigenvalue weighted by atomic mass is 10.2. The zero-order valence-corrected chi connectivity index (χ0v) is 8.41. The minimum absolute atomic E-state index is 0.265. The first-order valence-electron chi connectivity index (χ1n) is 4.75. The molecule has 0 aliphatic heterocycles. The summed E-state index contributed by atoms with van der Waals surface area (Å²) in [6.07, 6.45) is 0. The number of hydrogen-bond donors (Lipinski definition) is 0. The number of halogens is 1. The van der Waals surface area contributed by atoms with Crippen molar-refractivity contribution in [3.63, 3.8) is 0 Å². The van der Waals surface area contributed by atoms with Gasteiger partial charge in [0.25, 0.3) is 0 Å². The Bertz CT molecular complexity index is 451. The Morgan fingerprint density at radius 3 is 2.47 bits per heavy atom. The molecule has 0 saturated heterocycles. The predicted octanol–water partition coefficient (Wildman–Crippen LogP) is 3.93. The van der Waals surface area contributed by atoms with Gasteiger partial charge in [-0.2, -0.15) is 0 Å². The molecule has 2 heteroatoms. The molecule has 15 heavy (non-hydrogen) atoms. The third-order valence-corrected chi connectivity index (χ3v) is 2.06. The Hall–Kier alpha value is -1.83. The molecular formula is C13H11FO. The van der Waals surface area contributed by atoms with Gasteiger partial charge in [-0.3, -0.25) is 0 Å². The van der Waals surface area contributed by atoms with Crippen LogP contribution >= 0.6 is 0 Å². The van der Waals surface area contributed by atoms with Crippen molar-refractivity contribution in [2.75, 3.05) is 0 Å². The van der Waals surface area contributed by atoms with Crippen molar-refractivity contribution in [1.29, 1.82) is 0 Å². The van der Waals surface area contributed by atoms with Crippen molar-refractivity contribution in [2.45, 2.75) is 6.92 Å². The van der Waals surface area contributed by atoms with E-state index in [1.54, 1.807) is 24.3 Å². The third-order valence-electron chi connectivity index (χ3n) is 2.06. The highest BCUT2D eigenvalue weighted by Gasteiger charge is 2.03. The summed E-state index contributed by atoms with van der Waals surface area (Å²) in [5, 5.41) is 0. The number of hydrogen-bond acceptors (Lipinski definition) is 1. The van der Waals surface area contributed by atoms with Crippen LogP contribution in [0.1, 0.15) is 5.56 Å². The fourth-order valence-electron chi connectivity index (χ4n) is 1.30. The summed E-state index contributed by atoms with van der Waals surface area (Å²) in [4.78, 5) is 0. The zero-order valence-electron chi connectivity index (χ0n) is 8.41. The second kappa shape index (κ2) is 4.13. The van der Waals surface area contributed by atoms with Crippen molar-refractivity contribution >= 4 is 0 Å². The van der Waals surface area contributed by atoms with Crippen LogP contribution in [-0.4, -0.2) is 0 Å². The summed E-state index contributed by atoms with van der Waals surface area (Å²) in [5.41, 5.74) is 0.974. The number of benzene rings is 2. The van der Waals surface area contributed by atoms with Gasteiger partial charge < -0.3 is 4.74 Å². The monoisotopic (exact) mass is 202 g/mol. The van der Waals surface area contributed by atoms with E-state index >= 15 is 0 Å². The van der Waals surface area contributed by atoms with Crippen molar-refractivity contribution in [2.24, 2.45) is 0 Å². The van der Waals surface area contributed by atoms with E-state index in [4.69, 9.17) is 4.74 Å². The Morgan fingerprint density at radius 2 is 1.73 bits per heavy atom. The van der Waals surface area contributed by atoms with Gasteiger partial charge in [-0.25, -0.2) is 4.39 Å². The smallest absolute Gasteiger partial charge is 0.165 e. The summed E-state index contributed by atoms with van der Waals surface area (Å²) in [5.74, 6) is 0.563. The Labute approximate surface area is 88.1 Å². The molecule has 2 aromatic rings. The molecule has 1 nitrogen and oxygen atoms in total. The van der Waals surface area contributed by atoms with Gasteiger partial charge >= 0.3 is 0 Å². The van der Waals surface area contributed by atoms with Gasteiger partial charge in [0, 0.05) is 0 Å². The van der Waals surface area contributed by atoms with Gasteiger partial charge in [0.1, 0.15) is 5.75 Å². The van der Waals surface area contributed by atoms with Crippen molar-refractivity contribution < 1.29 is 9.13 Å². The van der Waals surface area contributed by atoms with E-state index in [-0.39, 0.29) is 11.6 Å². The zero-order chi connectivity index (χ0) is 10.7. The molecule has 0 fully saturated rings. The van der Waals surface area contributed by atoms with Gasteiger partial charge in [-0.15, -0.1) is 0 Å². The fourth-order valence-corrected chi connectivity index (χ4v) is 1.30. The first-order chi connectivity index (χ1) is 7.25. The quantitative estimate of drug-likeness (QED) is 0.717. The number of aryl methyl sites for hydroxylation is 1. The molecule has 0 aliphatic carbocycles. The summed E-state index contributed by atoms with van der Waals surface area (Å²) in [7, 11) is 0. The largest absolute Gasteiger partial charge is 0.454 e. The van der Waals surface area contributed by atoms with Crippen LogP contribution in [0.25, 0.3) is 0 Å². The highest BCUT2D eigenvalue weighted by molar-refractivity contribution is 5.34. The van der Waals surface area contributed by atoms with Crippen molar-refractivity contribution in [3.8, 4) is 11.5 Å². The van der Waals surface area contributed by atoms with Gasteiger partial charge in [0.05, 0.1) is 0 Å². The maximum atomic E-state index is 13.3. The van der Waals surface area contributed by atoms with Crippen LogP contribution in [0.5, 0.6) is 11.5 Å². The van der Waals surface area contributed by atoms with Gasteiger partial charge in [0.15, 0.2) is 11.6 Å². The van der Waals surface area contributed by atoms with E-state index in [9.17, 15) is 4.39 Å². The topological polar surface area (TPSA) is 9.23 Å². The average Bonchev–Trinajstić information content (AvgIpc) is 2.25. The van der Waals surface area contributed by atoms with Crippen LogP contribution in [0, 0.1) is 12.7 Å². The lowest BCUT2D eigenvalue weighted by Gasteiger charge is -2.06. The standard InChI is InChI=1S/C13H11FO/c1-10-7-8-12(14)13(9-10)15-11-5-3-2-4-6-11/h2-9H,1H3. The normalized spacial score (nSPS) is 10.0. The van der Waals surface area contributed by atoms with Gasteiger partial charge in [-0.1, -0.05) is 24.3 Å². The summed E-state index contributed by atoms with van der Waals surface area (Å²) in [6, 6.07) is 14.0. The lowest BCUT2D eigenvalue weighted by molar-refractivity contribution is 0.442. The number of ether oxygens (including phenoxy) is 1. The Balaban J connectivity index is 2.28. The molecule has 0 saturated carbocycles. The van der Waals surface area contributed by atoms with E-state index < -0.39 is 0 Å². The van der Waals surface area contributed by atoms with Crippen molar-refractivity contribution in [1.82, 2.24) is 0 Å². The summed E-state index contributed by atoms with van der Waals surface area (Å²) < 4.78 is 18.7. The Morgan fingerprint density at radius 1 is 1.00 bits per heavy atom. The molecule has 76 valence electrons. The van der Waals surface area contributed by atoms with E-state index in [1.807, 2.05) is 25.1 Å². The van der Waals surface area contributed by atoms with Crippen molar-refractivity contribution in [3.05, 3.63) is 59.9 Å². The Kier molecular flexibility index (Phi) is 2.68. The third kappa shape index (κ3) is 2.34. The van der Waals surface area contributed by atoms with Crippen LogP contribution in [-0.2, 0) is 0 Å². The van der Waals surface area contributed by atoms with Crippen LogP contribution in [0.4, 0.5) is 4.39 Å². The molecule has 0 heterocycles. The molecular weight excluding hydrogens is 191 g/mol. The highest BCUT2D eigenvalue weighted by atomic mass is 19.1. The first kappa shape index (κ1) is 9.71. The molecule has 0 radical (unpaired) electrons. The molecule has 2 aromatic carbocycles. The van der Waals surface area contributed by atoms with Crippen LogP contribution in [0.2, 0.25) is 0 Å².